The van der Waals surface area contributed by atoms with Gasteiger partial charge < -0.3 is 4.18 Å². The molecule has 0 saturated heterocycles. The zero-order valence-electron chi connectivity index (χ0n) is 6.42. The molecule has 1 nitrogen and oxygen atoms in total. The second kappa shape index (κ2) is 3.69. The minimum absolute atomic E-state index is 0.103. The van der Waals surface area contributed by atoms with E-state index in [1.807, 2.05) is 19.1 Å². The van der Waals surface area contributed by atoms with Gasteiger partial charge in [-0.1, -0.05) is 5.92 Å². The van der Waals surface area contributed by atoms with E-state index < -0.39 is 0 Å². The summed E-state index contributed by atoms with van der Waals surface area (Å²) in [5, 5.41) is 0. The van der Waals surface area contributed by atoms with Gasteiger partial charge >= 0.3 is 0 Å². The fourth-order valence-corrected chi connectivity index (χ4v) is 1.12. The van der Waals surface area contributed by atoms with Crippen molar-refractivity contribution in [2.45, 2.75) is 13.3 Å². The summed E-state index contributed by atoms with van der Waals surface area (Å²) in [6.45, 7) is 2.47. The maximum absolute atomic E-state index is 4.75. The van der Waals surface area contributed by atoms with Gasteiger partial charge in [0.15, 0.2) is 0 Å². The predicted octanol–water partition coefficient (Wildman–Crippen LogP) is 1.97. The van der Waals surface area contributed by atoms with Crippen LogP contribution in [0.25, 0.3) is 0 Å². The van der Waals surface area contributed by atoms with Crippen molar-refractivity contribution in [2.24, 2.45) is 5.41 Å². The van der Waals surface area contributed by atoms with E-state index in [1.165, 1.54) is 0 Å². The fourth-order valence-electron chi connectivity index (χ4n) is 0.889. The molecule has 0 aliphatic heterocycles. The summed E-state index contributed by atoms with van der Waals surface area (Å²) in [6, 6.07) is 0. The van der Waals surface area contributed by atoms with Crippen molar-refractivity contribution in [3.05, 3.63) is 17.9 Å². The highest BCUT2D eigenvalue weighted by Gasteiger charge is 2.29. The van der Waals surface area contributed by atoms with Gasteiger partial charge in [-0.15, -0.1) is 11.7 Å². The quantitative estimate of drug-likeness (QED) is 0.292. The van der Waals surface area contributed by atoms with E-state index in [-0.39, 0.29) is 5.41 Å². The molecule has 0 bridgehead atoms. The second-order valence-corrected chi connectivity index (χ2v) is 2.77. The smallest absolute Gasteiger partial charge is 0.0921 e. The molecule has 0 saturated carbocycles. The van der Waals surface area contributed by atoms with Crippen molar-refractivity contribution in [3.63, 3.8) is 0 Å². The van der Waals surface area contributed by atoms with Gasteiger partial charge in [-0.25, -0.2) is 0 Å². The Hall–Kier alpha value is -0.610. The summed E-state index contributed by atoms with van der Waals surface area (Å²) < 4.78 is 4.75. The molecule has 1 rings (SSSR count). The van der Waals surface area contributed by atoms with Gasteiger partial charge in [-0.05, 0) is 32.0 Å². The van der Waals surface area contributed by atoms with E-state index in [1.54, 1.807) is 0 Å². The highest BCUT2D eigenvalue weighted by Crippen LogP contribution is 2.29. The van der Waals surface area contributed by atoms with Gasteiger partial charge in [0.05, 0.1) is 12.0 Å². The van der Waals surface area contributed by atoms with Crippen molar-refractivity contribution in [1.82, 2.24) is 0 Å². The summed E-state index contributed by atoms with van der Waals surface area (Å²) >= 11 is 3.70. The fraction of sp³-hybridized carbons (Fsp3) is 0.444. The van der Waals surface area contributed by atoms with Gasteiger partial charge in [0.25, 0.3) is 0 Å². The van der Waals surface area contributed by atoms with E-state index in [0.717, 1.165) is 6.42 Å². The largest absolute Gasteiger partial charge is 0.317 e. The Morgan fingerprint density at radius 2 is 2.55 bits per heavy atom. The van der Waals surface area contributed by atoms with E-state index >= 15 is 0 Å². The molecule has 0 spiro atoms. The molecule has 11 heavy (non-hydrogen) atoms. The SMILES string of the molecule is CC=C=CC1(COS)C#CC1. The van der Waals surface area contributed by atoms with E-state index in [4.69, 9.17) is 4.18 Å². The van der Waals surface area contributed by atoms with Crippen molar-refractivity contribution in [2.75, 3.05) is 6.61 Å². The first kappa shape index (κ1) is 8.49. The number of hydrogen-bond donors (Lipinski definition) is 1. The van der Waals surface area contributed by atoms with Crippen molar-refractivity contribution in [3.8, 4) is 11.8 Å². The van der Waals surface area contributed by atoms with Gasteiger partial charge in [-0.2, -0.15) is 0 Å². The average molecular weight is 166 g/mol. The molecule has 0 heterocycles. The van der Waals surface area contributed by atoms with Crippen molar-refractivity contribution in [1.29, 1.82) is 0 Å². The molecule has 1 aliphatic rings. The third kappa shape index (κ3) is 1.91. The number of hydrogen-bond acceptors (Lipinski definition) is 2. The maximum atomic E-state index is 4.75. The van der Waals surface area contributed by atoms with Gasteiger partial charge in [0, 0.05) is 6.42 Å². The standard InChI is InChI=1S/C9H10OS/c1-2-3-5-9(8-10-11)6-4-7-9/h2,5,11H,6,8H2,1H3. The van der Waals surface area contributed by atoms with Gasteiger partial charge in [-0.3, -0.25) is 0 Å². The Balaban J connectivity index is 2.65. The predicted molar refractivity (Wildman–Crippen MR) is 48.1 cm³/mol. The molecule has 0 aromatic heterocycles. The molecule has 58 valence electrons. The summed E-state index contributed by atoms with van der Waals surface area (Å²) in [5.74, 6) is 5.98. The molecule has 1 aliphatic carbocycles. The van der Waals surface area contributed by atoms with Crippen LogP contribution in [0.3, 0.4) is 0 Å². The van der Waals surface area contributed by atoms with Crippen LogP contribution >= 0.6 is 12.9 Å². The molecule has 0 aromatic rings. The molecule has 0 amide bonds. The van der Waals surface area contributed by atoms with Crippen LogP contribution in [-0.4, -0.2) is 6.61 Å². The van der Waals surface area contributed by atoms with Crippen LogP contribution in [-0.2, 0) is 4.18 Å². The Morgan fingerprint density at radius 1 is 1.82 bits per heavy atom. The topological polar surface area (TPSA) is 9.23 Å². The number of thiol groups is 1. The third-order valence-electron chi connectivity index (χ3n) is 1.59. The Kier molecular flexibility index (Phi) is 2.84. The molecule has 1 unspecified atom stereocenters. The van der Waals surface area contributed by atoms with Crippen LogP contribution in [0.2, 0.25) is 0 Å². The van der Waals surface area contributed by atoms with Crippen LogP contribution in [0.4, 0.5) is 0 Å². The van der Waals surface area contributed by atoms with Crippen molar-refractivity contribution < 1.29 is 4.18 Å². The van der Waals surface area contributed by atoms with Crippen LogP contribution in [0, 0.1) is 17.3 Å². The van der Waals surface area contributed by atoms with Gasteiger partial charge in [0.2, 0.25) is 0 Å². The minimum Gasteiger partial charge on any atom is -0.317 e. The van der Waals surface area contributed by atoms with E-state index in [9.17, 15) is 0 Å². The summed E-state index contributed by atoms with van der Waals surface area (Å²) in [6.07, 6.45) is 4.66. The van der Waals surface area contributed by atoms with Crippen LogP contribution in [0.1, 0.15) is 13.3 Å². The van der Waals surface area contributed by atoms with Gasteiger partial charge in [0.1, 0.15) is 0 Å². The van der Waals surface area contributed by atoms with E-state index in [0.29, 0.717) is 6.61 Å². The van der Waals surface area contributed by atoms with Crippen LogP contribution in [0.5, 0.6) is 0 Å². The number of rotatable bonds is 3. The molecule has 1 atom stereocenters. The molecular formula is C9H10OS. The third-order valence-corrected chi connectivity index (χ3v) is 1.72. The summed E-state index contributed by atoms with van der Waals surface area (Å²) in [7, 11) is 0. The lowest BCUT2D eigenvalue weighted by Crippen LogP contribution is -2.25. The summed E-state index contributed by atoms with van der Waals surface area (Å²) in [4.78, 5) is 0. The first-order valence-electron chi connectivity index (χ1n) is 3.48. The van der Waals surface area contributed by atoms with Crippen LogP contribution < -0.4 is 0 Å². The lowest BCUT2D eigenvalue weighted by molar-refractivity contribution is 0.271. The van der Waals surface area contributed by atoms with Crippen molar-refractivity contribution >= 4 is 12.9 Å². The first-order chi connectivity index (χ1) is 5.33. The molecule has 0 aromatic carbocycles. The lowest BCUT2D eigenvalue weighted by Gasteiger charge is -2.25. The highest BCUT2D eigenvalue weighted by molar-refractivity contribution is 7.75. The molecule has 0 radical (unpaired) electrons. The van der Waals surface area contributed by atoms with E-state index in [2.05, 4.69) is 30.5 Å². The minimum atomic E-state index is -0.103. The monoisotopic (exact) mass is 166 g/mol. The molecule has 0 fully saturated rings. The zero-order chi connectivity index (χ0) is 8.16. The first-order valence-corrected chi connectivity index (χ1v) is 3.84. The molecular weight excluding hydrogens is 156 g/mol. The highest BCUT2D eigenvalue weighted by atomic mass is 32.1. The van der Waals surface area contributed by atoms with Crippen LogP contribution in [0.15, 0.2) is 17.9 Å². The molecule has 2 heteroatoms. The second-order valence-electron chi connectivity index (χ2n) is 2.51. The maximum Gasteiger partial charge on any atom is 0.0921 e. The normalized spacial score (nSPS) is 25.6. The molecule has 0 N–H and O–H groups in total. The average Bonchev–Trinajstić information content (AvgIpc) is 1.95. The Morgan fingerprint density at radius 3 is 2.91 bits per heavy atom. The zero-order valence-corrected chi connectivity index (χ0v) is 7.32. The Bertz CT molecular complexity index is 252. The Labute approximate surface area is 72.8 Å². The summed E-state index contributed by atoms with van der Waals surface area (Å²) in [5.41, 5.74) is 2.91. The lowest BCUT2D eigenvalue weighted by atomic mass is 9.80.